The molecule has 0 unspecified atom stereocenters. The molecule has 1 aliphatic rings. The number of fused-ring (bicyclic) bond motifs is 4. The zero-order valence-electron chi connectivity index (χ0n) is 20.7. The lowest BCUT2D eigenvalue weighted by molar-refractivity contribution is -0.660. The highest BCUT2D eigenvalue weighted by molar-refractivity contribution is 5.92. The van der Waals surface area contributed by atoms with E-state index < -0.39 is 0 Å². The van der Waals surface area contributed by atoms with E-state index in [1.54, 1.807) is 0 Å². The molecule has 5 rings (SSSR count). The van der Waals surface area contributed by atoms with Crippen LogP contribution in [-0.4, -0.2) is 0 Å². The lowest BCUT2D eigenvalue weighted by Gasteiger charge is -2.48. The van der Waals surface area contributed by atoms with Crippen LogP contribution in [0.2, 0.25) is 0 Å². The van der Waals surface area contributed by atoms with Crippen molar-refractivity contribution in [1.29, 1.82) is 0 Å². The molecule has 1 aliphatic carbocycles. The van der Waals surface area contributed by atoms with Crippen LogP contribution >= 0.6 is 0 Å². The van der Waals surface area contributed by atoms with Gasteiger partial charge in [-0.05, 0) is 94.0 Å². The zero-order chi connectivity index (χ0) is 23.0. The first-order valence-corrected chi connectivity index (χ1v) is 11.7. The van der Waals surface area contributed by atoms with Crippen LogP contribution in [0.1, 0.15) is 55.5 Å². The van der Waals surface area contributed by atoms with E-state index in [9.17, 15) is 0 Å². The van der Waals surface area contributed by atoms with Crippen LogP contribution in [0.4, 0.5) is 0 Å². The zero-order valence-corrected chi connectivity index (χ0v) is 20.7. The van der Waals surface area contributed by atoms with Gasteiger partial charge in [0.05, 0.1) is 0 Å². The third-order valence-corrected chi connectivity index (χ3v) is 8.47. The quantitative estimate of drug-likeness (QED) is 0.281. The Morgan fingerprint density at radius 2 is 1.16 bits per heavy atom. The van der Waals surface area contributed by atoms with Gasteiger partial charge in [-0.3, -0.25) is 0 Å². The molecule has 0 fully saturated rings. The van der Waals surface area contributed by atoms with E-state index in [1.807, 2.05) is 0 Å². The summed E-state index contributed by atoms with van der Waals surface area (Å²) in [6.07, 6.45) is 2.25. The van der Waals surface area contributed by atoms with E-state index in [-0.39, 0.29) is 10.8 Å². The van der Waals surface area contributed by atoms with Crippen molar-refractivity contribution in [3.8, 4) is 22.4 Å². The molecule has 0 saturated carbocycles. The van der Waals surface area contributed by atoms with Crippen LogP contribution in [0.3, 0.4) is 0 Å². The number of hydrogen-bond donors (Lipinski definition) is 0. The van der Waals surface area contributed by atoms with E-state index in [0.29, 0.717) is 0 Å². The minimum Gasteiger partial charge on any atom is -0.201 e. The number of aryl methyl sites for hydroxylation is 4. The van der Waals surface area contributed by atoms with Gasteiger partial charge in [-0.15, -0.1) is 0 Å². The van der Waals surface area contributed by atoms with Crippen molar-refractivity contribution < 1.29 is 4.57 Å². The molecule has 162 valence electrons. The molecule has 0 N–H and O–H groups in total. The smallest absolute Gasteiger partial charge is 0.201 e. The predicted molar refractivity (Wildman–Crippen MR) is 136 cm³/mol. The fourth-order valence-electron chi connectivity index (χ4n) is 5.53. The Hall–Kier alpha value is -2.93. The van der Waals surface area contributed by atoms with Gasteiger partial charge < -0.3 is 0 Å². The fraction of sp³-hybridized carbons (Fsp3) is 0.323. The highest BCUT2D eigenvalue weighted by atomic mass is 14.9. The Balaban J connectivity index is 1.85. The highest BCUT2D eigenvalue weighted by Crippen LogP contribution is 2.55. The first-order valence-electron chi connectivity index (χ1n) is 11.7. The maximum atomic E-state index is 2.48. The molecule has 1 heterocycles. The van der Waals surface area contributed by atoms with E-state index in [0.717, 1.165) is 0 Å². The number of benzene rings is 3. The molecule has 4 aromatic rings. The summed E-state index contributed by atoms with van der Waals surface area (Å²) in [5, 5.41) is 2.64. The number of hydrogen-bond acceptors (Lipinski definition) is 0. The standard InChI is InChI=1S/C31H34N/c1-19-14-29(32(8)18-21(19)3)24-17-28-25(13-20(24)2)26-15-22-11-9-10-12-23(22)16-27(26)30(4,5)31(28,6)7/h9-18H,1-8H3/q+1. The van der Waals surface area contributed by atoms with Gasteiger partial charge in [0.2, 0.25) is 5.69 Å². The summed E-state index contributed by atoms with van der Waals surface area (Å²) in [6.45, 7) is 16.3. The van der Waals surface area contributed by atoms with Crippen molar-refractivity contribution in [1.82, 2.24) is 0 Å². The molecule has 32 heavy (non-hydrogen) atoms. The number of pyridine rings is 1. The minimum atomic E-state index is -0.00144. The van der Waals surface area contributed by atoms with Gasteiger partial charge in [0.15, 0.2) is 6.20 Å². The molecule has 1 heteroatoms. The summed E-state index contributed by atoms with van der Waals surface area (Å²) >= 11 is 0. The van der Waals surface area contributed by atoms with E-state index in [2.05, 4.69) is 121 Å². The second-order valence-corrected chi connectivity index (χ2v) is 10.8. The largest absolute Gasteiger partial charge is 0.212 e. The Labute approximate surface area is 192 Å². The lowest BCUT2D eigenvalue weighted by Crippen LogP contribution is -2.43. The summed E-state index contributed by atoms with van der Waals surface area (Å²) in [6, 6.07) is 20.9. The molecule has 0 saturated heterocycles. The maximum absolute atomic E-state index is 2.48. The van der Waals surface area contributed by atoms with Crippen molar-refractivity contribution in [3.63, 3.8) is 0 Å². The number of aromatic nitrogens is 1. The van der Waals surface area contributed by atoms with Gasteiger partial charge >= 0.3 is 0 Å². The predicted octanol–water partition coefficient (Wildman–Crippen LogP) is 7.49. The average Bonchev–Trinajstić information content (AvgIpc) is 2.74. The minimum absolute atomic E-state index is 0.00144. The molecule has 0 bridgehead atoms. The molecule has 0 amide bonds. The van der Waals surface area contributed by atoms with Crippen LogP contribution in [0.5, 0.6) is 0 Å². The van der Waals surface area contributed by atoms with E-state index >= 15 is 0 Å². The monoisotopic (exact) mass is 420 g/mol. The summed E-state index contributed by atoms with van der Waals surface area (Å²) < 4.78 is 2.28. The first-order chi connectivity index (χ1) is 15.0. The van der Waals surface area contributed by atoms with Gasteiger partial charge in [0.1, 0.15) is 7.05 Å². The fourth-order valence-corrected chi connectivity index (χ4v) is 5.53. The second kappa shape index (κ2) is 6.78. The van der Waals surface area contributed by atoms with Crippen LogP contribution in [-0.2, 0) is 17.9 Å². The third kappa shape index (κ3) is 2.80. The number of nitrogens with zero attached hydrogens (tertiary/aromatic N) is 1. The summed E-state index contributed by atoms with van der Waals surface area (Å²) in [7, 11) is 2.16. The van der Waals surface area contributed by atoms with Gasteiger partial charge in [-0.1, -0.05) is 58.0 Å². The molecule has 0 spiro atoms. The van der Waals surface area contributed by atoms with Crippen molar-refractivity contribution in [2.75, 3.05) is 0 Å². The average molecular weight is 421 g/mol. The normalized spacial score (nSPS) is 16.0. The lowest BCUT2D eigenvalue weighted by atomic mass is 9.55. The van der Waals surface area contributed by atoms with Crippen LogP contribution in [0.15, 0.2) is 60.8 Å². The molecule has 3 aromatic carbocycles. The highest BCUT2D eigenvalue weighted by Gasteiger charge is 2.46. The van der Waals surface area contributed by atoms with Gasteiger partial charge in [0, 0.05) is 17.2 Å². The summed E-state index contributed by atoms with van der Waals surface area (Å²) in [5.41, 5.74) is 12.3. The summed E-state index contributed by atoms with van der Waals surface area (Å²) in [4.78, 5) is 0. The Morgan fingerprint density at radius 1 is 0.594 bits per heavy atom. The molecule has 0 radical (unpaired) electrons. The molecule has 1 aromatic heterocycles. The van der Waals surface area contributed by atoms with Crippen molar-refractivity contribution in [2.24, 2.45) is 7.05 Å². The molecule has 0 atom stereocenters. The molecular weight excluding hydrogens is 386 g/mol. The Bertz CT molecular complexity index is 1400. The second-order valence-electron chi connectivity index (χ2n) is 10.8. The van der Waals surface area contributed by atoms with Crippen LogP contribution in [0, 0.1) is 20.8 Å². The topological polar surface area (TPSA) is 3.88 Å². The van der Waals surface area contributed by atoms with E-state index in [4.69, 9.17) is 0 Å². The maximum Gasteiger partial charge on any atom is 0.212 e. The van der Waals surface area contributed by atoms with Crippen LogP contribution < -0.4 is 4.57 Å². The van der Waals surface area contributed by atoms with Crippen molar-refractivity contribution in [3.05, 3.63) is 88.6 Å². The number of rotatable bonds is 1. The van der Waals surface area contributed by atoms with Gasteiger partial charge in [-0.2, -0.15) is 0 Å². The summed E-state index contributed by atoms with van der Waals surface area (Å²) in [5.74, 6) is 0. The SMILES string of the molecule is Cc1cc(-c2cc3c(cc2C)-c2cc4ccccc4cc2C(C)(C)C3(C)C)[n+](C)cc1C. The first kappa shape index (κ1) is 20.9. The van der Waals surface area contributed by atoms with Crippen LogP contribution in [0.25, 0.3) is 33.2 Å². The Kier molecular flexibility index (Phi) is 4.44. The molecule has 1 nitrogen and oxygen atoms in total. The van der Waals surface area contributed by atoms with Crippen molar-refractivity contribution >= 4 is 10.8 Å². The Morgan fingerprint density at radius 3 is 1.81 bits per heavy atom. The third-order valence-electron chi connectivity index (χ3n) is 8.47. The van der Waals surface area contributed by atoms with Gasteiger partial charge in [0.25, 0.3) is 0 Å². The molecule has 0 aliphatic heterocycles. The van der Waals surface area contributed by atoms with E-state index in [1.165, 1.54) is 61.0 Å². The van der Waals surface area contributed by atoms with Crippen molar-refractivity contribution in [2.45, 2.75) is 59.3 Å². The van der Waals surface area contributed by atoms with Gasteiger partial charge in [-0.25, -0.2) is 4.57 Å². The molecular formula is C31H34N+.